The molecule has 0 bridgehead atoms. The van der Waals surface area contributed by atoms with Crippen LogP contribution in [-0.2, 0) is 13.0 Å². The Morgan fingerprint density at radius 1 is 1.15 bits per heavy atom. The minimum absolute atomic E-state index is 0.863. The summed E-state index contributed by atoms with van der Waals surface area (Å²) in [6, 6.07) is 6.82. The Labute approximate surface area is 124 Å². The number of fused-ring (bicyclic) bond motifs is 1. The molecule has 20 heavy (non-hydrogen) atoms. The number of hydrogen-bond donors (Lipinski definition) is 2. The van der Waals surface area contributed by atoms with Crippen molar-refractivity contribution in [1.29, 1.82) is 0 Å². The number of nitrogens with one attached hydrogen (secondary N) is 2. The Kier molecular flexibility index (Phi) is 6.38. The average Bonchev–Trinajstić information content (AvgIpc) is 2.89. The van der Waals surface area contributed by atoms with E-state index in [0.29, 0.717) is 0 Å². The molecule has 1 heterocycles. The van der Waals surface area contributed by atoms with Gasteiger partial charge in [-0.25, -0.2) is 0 Å². The summed E-state index contributed by atoms with van der Waals surface area (Å²) in [6.45, 7) is 7.89. The van der Waals surface area contributed by atoms with Gasteiger partial charge in [0.25, 0.3) is 0 Å². The highest BCUT2D eigenvalue weighted by Gasteiger charge is 2.09. The third-order valence-electron chi connectivity index (χ3n) is 4.09. The van der Waals surface area contributed by atoms with E-state index >= 15 is 0 Å². The van der Waals surface area contributed by atoms with E-state index in [0.717, 1.165) is 25.6 Å². The van der Waals surface area contributed by atoms with Crippen molar-refractivity contribution in [2.75, 3.05) is 18.4 Å². The molecule has 0 saturated heterocycles. The van der Waals surface area contributed by atoms with Crippen LogP contribution < -0.4 is 10.6 Å². The number of rotatable bonds is 9. The second-order valence-corrected chi connectivity index (χ2v) is 6.44. The molecule has 0 spiro atoms. The van der Waals surface area contributed by atoms with Crippen LogP contribution in [0, 0.1) is 5.92 Å². The van der Waals surface area contributed by atoms with Gasteiger partial charge >= 0.3 is 0 Å². The lowest BCUT2D eigenvalue weighted by molar-refractivity contribution is 0.512. The van der Waals surface area contributed by atoms with Crippen molar-refractivity contribution < 1.29 is 0 Å². The van der Waals surface area contributed by atoms with Gasteiger partial charge in [0, 0.05) is 18.8 Å². The van der Waals surface area contributed by atoms with Crippen LogP contribution in [0.5, 0.6) is 0 Å². The van der Waals surface area contributed by atoms with Gasteiger partial charge in [0.1, 0.15) is 0 Å². The molecule has 0 radical (unpaired) electrons. The first kappa shape index (κ1) is 15.4. The van der Waals surface area contributed by atoms with Gasteiger partial charge in [-0.1, -0.05) is 51.7 Å². The second kappa shape index (κ2) is 8.31. The number of anilines is 1. The first-order valence-corrected chi connectivity index (χ1v) is 8.32. The molecular formula is C18H30N2. The normalized spacial score (nSPS) is 13.6. The summed E-state index contributed by atoms with van der Waals surface area (Å²) in [6.07, 6.45) is 8.04. The maximum atomic E-state index is 3.57. The molecule has 2 nitrogen and oxygen atoms in total. The SMILES string of the molecule is CC(C)CCCCCCNCc1ccc2c(c1)CCN2. The molecule has 0 aromatic heterocycles. The summed E-state index contributed by atoms with van der Waals surface area (Å²) in [4.78, 5) is 0. The largest absolute Gasteiger partial charge is 0.384 e. The third kappa shape index (κ3) is 5.16. The van der Waals surface area contributed by atoms with E-state index in [9.17, 15) is 0 Å². The number of hydrogen-bond acceptors (Lipinski definition) is 2. The van der Waals surface area contributed by atoms with Crippen LogP contribution in [0.15, 0.2) is 18.2 Å². The lowest BCUT2D eigenvalue weighted by Gasteiger charge is -2.07. The number of benzene rings is 1. The van der Waals surface area contributed by atoms with Crippen molar-refractivity contribution in [2.45, 2.75) is 58.9 Å². The van der Waals surface area contributed by atoms with Gasteiger partial charge in [0.05, 0.1) is 0 Å². The molecule has 1 aromatic carbocycles. The van der Waals surface area contributed by atoms with Crippen LogP contribution in [0.3, 0.4) is 0 Å². The van der Waals surface area contributed by atoms with E-state index in [1.165, 1.54) is 55.3 Å². The molecule has 0 fully saturated rings. The van der Waals surface area contributed by atoms with E-state index in [4.69, 9.17) is 0 Å². The molecule has 0 atom stereocenters. The van der Waals surface area contributed by atoms with E-state index in [2.05, 4.69) is 42.7 Å². The van der Waals surface area contributed by atoms with Crippen LogP contribution in [0.4, 0.5) is 5.69 Å². The van der Waals surface area contributed by atoms with Gasteiger partial charge < -0.3 is 10.6 Å². The van der Waals surface area contributed by atoms with Crippen molar-refractivity contribution in [2.24, 2.45) is 5.92 Å². The first-order chi connectivity index (χ1) is 9.75. The predicted octanol–water partition coefficient (Wildman–Crippen LogP) is 4.35. The zero-order chi connectivity index (χ0) is 14.2. The highest BCUT2D eigenvalue weighted by atomic mass is 14.9. The van der Waals surface area contributed by atoms with Gasteiger partial charge in [-0.05, 0) is 42.5 Å². The minimum atomic E-state index is 0.863. The fourth-order valence-electron chi connectivity index (χ4n) is 2.86. The van der Waals surface area contributed by atoms with Gasteiger partial charge in [0.2, 0.25) is 0 Å². The molecule has 112 valence electrons. The fraction of sp³-hybridized carbons (Fsp3) is 0.667. The Morgan fingerprint density at radius 3 is 2.85 bits per heavy atom. The Bertz CT molecular complexity index is 398. The highest BCUT2D eigenvalue weighted by Crippen LogP contribution is 2.22. The molecule has 1 aliphatic rings. The van der Waals surface area contributed by atoms with Crippen molar-refractivity contribution in [3.8, 4) is 0 Å². The molecule has 0 amide bonds. The van der Waals surface area contributed by atoms with Crippen molar-refractivity contribution in [3.05, 3.63) is 29.3 Å². The maximum absolute atomic E-state index is 3.57. The summed E-state index contributed by atoms with van der Waals surface area (Å²) in [5.74, 6) is 0.863. The van der Waals surface area contributed by atoms with E-state index in [-0.39, 0.29) is 0 Å². The fourth-order valence-corrected chi connectivity index (χ4v) is 2.86. The van der Waals surface area contributed by atoms with Crippen LogP contribution in [0.25, 0.3) is 0 Å². The molecule has 2 heteroatoms. The molecule has 2 rings (SSSR count). The summed E-state index contributed by atoms with van der Waals surface area (Å²) in [5, 5.41) is 6.98. The molecule has 0 aliphatic carbocycles. The minimum Gasteiger partial charge on any atom is -0.384 e. The maximum Gasteiger partial charge on any atom is 0.0373 e. The average molecular weight is 274 g/mol. The molecule has 1 aliphatic heterocycles. The summed E-state index contributed by atoms with van der Waals surface area (Å²) >= 11 is 0. The standard InChI is InChI=1S/C18H30N2/c1-15(2)7-5-3-4-6-11-19-14-16-8-9-18-17(13-16)10-12-20-18/h8-9,13,15,19-20H,3-7,10-12,14H2,1-2H3. The van der Waals surface area contributed by atoms with Gasteiger partial charge in [-0.3, -0.25) is 0 Å². The zero-order valence-corrected chi connectivity index (χ0v) is 13.2. The van der Waals surface area contributed by atoms with Gasteiger partial charge in [-0.2, -0.15) is 0 Å². The molecular weight excluding hydrogens is 244 g/mol. The molecule has 1 aromatic rings. The number of unbranched alkanes of at least 4 members (excludes halogenated alkanes) is 3. The quantitative estimate of drug-likeness (QED) is 0.654. The molecule has 2 N–H and O–H groups in total. The highest BCUT2D eigenvalue weighted by molar-refractivity contribution is 5.56. The summed E-state index contributed by atoms with van der Waals surface area (Å²) in [7, 11) is 0. The second-order valence-electron chi connectivity index (χ2n) is 6.44. The van der Waals surface area contributed by atoms with Crippen LogP contribution in [0.2, 0.25) is 0 Å². The van der Waals surface area contributed by atoms with Crippen molar-refractivity contribution in [1.82, 2.24) is 5.32 Å². The molecule has 0 unspecified atom stereocenters. The summed E-state index contributed by atoms with van der Waals surface area (Å²) < 4.78 is 0. The van der Waals surface area contributed by atoms with E-state index in [1.54, 1.807) is 0 Å². The first-order valence-electron chi connectivity index (χ1n) is 8.32. The van der Waals surface area contributed by atoms with Crippen LogP contribution in [0.1, 0.15) is 57.1 Å². The third-order valence-corrected chi connectivity index (χ3v) is 4.09. The topological polar surface area (TPSA) is 24.1 Å². The molecule has 0 saturated carbocycles. The van der Waals surface area contributed by atoms with E-state index < -0.39 is 0 Å². The summed E-state index contributed by atoms with van der Waals surface area (Å²) in [5.41, 5.74) is 4.24. The smallest absolute Gasteiger partial charge is 0.0373 e. The van der Waals surface area contributed by atoms with Crippen LogP contribution in [-0.4, -0.2) is 13.1 Å². The monoisotopic (exact) mass is 274 g/mol. The Morgan fingerprint density at radius 2 is 2.00 bits per heavy atom. The Hall–Kier alpha value is -1.02. The lowest BCUT2D eigenvalue weighted by atomic mass is 10.0. The van der Waals surface area contributed by atoms with Crippen LogP contribution >= 0.6 is 0 Å². The van der Waals surface area contributed by atoms with Gasteiger partial charge in [-0.15, -0.1) is 0 Å². The van der Waals surface area contributed by atoms with Crippen molar-refractivity contribution >= 4 is 5.69 Å². The predicted molar refractivity (Wildman–Crippen MR) is 88.3 cm³/mol. The zero-order valence-electron chi connectivity index (χ0n) is 13.2. The lowest BCUT2D eigenvalue weighted by Crippen LogP contribution is -2.14. The Balaban J connectivity index is 1.53. The van der Waals surface area contributed by atoms with Gasteiger partial charge in [0.15, 0.2) is 0 Å². The van der Waals surface area contributed by atoms with E-state index in [1.807, 2.05) is 0 Å². The van der Waals surface area contributed by atoms with Crippen molar-refractivity contribution in [3.63, 3.8) is 0 Å².